The number of guanidine groups is 1. The number of amides is 1. The Balaban J connectivity index is 1.29. The Morgan fingerprint density at radius 2 is 1.79 bits per heavy atom. The van der Waals surface area contributed by atoms with Crippen molar-refractivity contribution < 1.29 is 36.3 Å². The highest BCUT2D eigenvalue weighted by Crippen LogP contribution is 2.51. The Kier molecular flexibility index (Phi) is 9.27. The molecule has 0 unspecified atom stereocenters. The van der Waals surface area contributed by atoms with Crippen LogP contribution >= 0.6 is 11.6 Å². The first-order valence-electron chi connectivity index (χ1n) is 17.0. The van der Waals surface area contributed by atoms with Crippen molar-refractivity contribution in [3.63, 3.8) is 0 Å². The summed E-state index contributed by atoms with van der Waals surface area (Å²) in [6, 6.07) is 9.72. The molecule has 2 saturated carbocycles. The van der Waals surface area contributed by atoms with Crippen LogP contribution in [-0.2, 0) is 19.9 Å². The van der Waals surface area contributed by atoms with Crippen LogP contribution in [0.25, 0.3) is 16.9 Å². The van der Waals surface area contributed by atoms with Crippen molar-refractivity contribution in [1.29, 1.82) is 0 Å². The number of aromatic nitrogens is 6. The minimum atomic E-state index is -4.74. The molecule has 0 radical (unpaired) electrons. The third-order valence-corrected chi connectivity index (χ3v) is 10.1. The lowest BCUT2D eigenvalue weighted by Crippen LogP contribution is -2.48. The van der Waals surface area contributed by atoms with Gasteiger partial charge in [-0.15, -0.1) is 0 Å². The van der Waals surface area contributed by atoms with E-state index in [9.17, 15) is 31.5 Å². The number of carbonyl (C=O) groups is 2. The summed E-state index contributed by atoms with van der Waals surface area (Å²) >= 11 is 6.44. The van der Waals surface area contributed by atoms with E-state index in [4.69, 9.17) is 22.1 Å². The van der Waals surface area contributed by atoms with Gasteiger partial charge in [0.15, 0.2) is 17.3 Å². The van der Waals surface area contributed by atoms with Crippen molar-refractivity contribution >= 4 is 29.4 Å². The zero-order valence-electron chi connectivity index (χ0n) is 28.6. The Hall–Kier alpha value is -4.93. The Bertz CT molecular complexity index is 2060. The van der Waals surface area contributed by atoms with Crippen LogP contribution in [0.3, 0.4) is 0 Å². The van der Waals surface area contributed by atoms with Crippen molar-refractivity contribution in [1.82, 2.24) is 34.7 Å². The van der Waals surface area contributed by atoms with Gasteiger partial charge in [-0.1, -0.05) is 55.8 Å². The van der Waals surface area contributed by atoms with Crippen LogP contribution in [0, 0.1) is 5.41 Å². The van der Waals surface area contributed by atoms with E-state index in [2.05, 4.69) is 25.3 Å². The van der Waals surface area contributed by atoms with Gasteiger partial charge in [-0.25, -0.2) is 23.4 Å². The average Bonchev–Trinajstić information content (AvgIpc) is 3.99. The third kappa shape index (κ3) is 7.10. The molecular formula is C35H35ClF5N9O3. The number of halogens is 6. The van der Waals surface area contributed by atoms with Crippen LogP contribution in [0.4, 0.5) is 22.0 Å². The molecule has 1 aliphatic heterocycles. The summed E-state index contributed by atoms with van der Waals surface area (Å²) in [7, 11) is 0. The minimum Gasteiger partial charge on any atom is -0.462 e. The standard InChI is InChI=1S/C35H35ClF5N9O3/c1-33(2,35(39,40)41)17-34(21-6-3-19(4-7-21)25-16-44-50(47-25)22-8-9-22)31(52)48(32(42)46-34)26(13-14-28(51)53-23-10-11-23)20-5-12-24(36)27(15-20)49-30(29(37)38)43-18-45-49/h3-7,12,15-16,18,22-23,26,29H,8-11,13-14,17H2,1-2H3,(H2,42,46)/t26-,34-/m1/s1. The molecule has 280 valence electrons. The fourth-order valence-corrected chi connectivity index (χ4v) is 6.66. The van der Waals surface area contributed by atoms with Gasteiger partial charge in [-0.2, -0.15) is 33.3 Å². The molecular weight excluding hydrogens is 725 g/mol. The van der Waals surface area contributed by atoms with Crippen LogP contribution in [-0.4, -0.2) is 64.8 Å². The van der Waals surface area contributed by atoms with Gasteiger partial charge < -0.3 is 10.5 Å². The number of nitrogens with zero attached hydrogens (tertiary/aromatic N) is 8. The monoisotopic (exact) mass is 759 g/mol. The van der Waals surface area contributed by atoms with Crippen LogP contribution < -0.4 is 5.73 Å². The normalized spacial score (nSPS) is 19.9. The fraction of sp³-hybridized carbons (Fsp3) is 0.457. The van der Waals surface area contributed by atoms with Crippen LogP contribution in [0.15, 0.2) is 60.0 Å². The second-order valence-electron chi connectivity index (χ2n) is 14.2. The number of aliphatic imine (C=N–C) groups is 1. The van der Waals surface area contributed by atoms with E-state index in [1.807, 2.05) is 0 Å². The predicted molar refractivity (Wildman–Crippen MR) is 181 cm³/mol. The molecule has 53 heavy (non-hydrogen) atoms. The summed E-state index contributed by atoms with van der Waals surface area (Å²) in [5, 5.41) is 12.7. The predicted octanol–water partition coefficient (Wildman–Crippen LogP) is 7.01. The highest BCUT2D eigenvalue weighted by atomic mass is 35.5. The van der Waals surface area contributed by atoms with Gasteiger partial charge in [0, 0.05) is 12.0 Å². The number of rotatable bonds is 13. The van der Waals surface area contributed by atoms with Gasteiger partial charge in [0.1, 0.15) is 18.1 Å². The maximum Gasteiger partial charge on any atom is 0.394 e. The maximum atomic E-state index is 14.9. The van der Waals surface area contributed by atoms with Gasteiger partial charge in [-0.3, -0.25) is 14.5 Å². The fourth-order valence-electron chi connectivity index (χ4n) is 6.47. The summed E-state index contributed by atoms with van der Waals surface area (Å²) in [6.45, 7) is 1.97. The zero-order valence-corrected chi connectivity index (χ0v) is 29.4. The molecule has 2 atom stereocenters. The second-order valence-corrected chi connectivity index (χ2v) is 14.6. The maximum absolute atomic E-state index is 14.9. The number of ether oxygens (including phenoxy) is 1. The second kappa shape index (κ2) is 13.5. The molecule has 4 aromatic rings. The van der Waals surface area contributed by atoms with Crippen LogP contribution in [0.5, 0.6) is 0 Å². The van der Waals surface area contributed by atoms with Gasteiger partial charge in [0.2, 0.25) is 0 Å². The number of benzene rings is 2. The van der Waals surface area contributed by atoms with E-state index in [0.29, 0.717) is 11.3 Å². The number of hydrogen-bond acceptors (Lipinski definition) is 9. The zero-order chi connectivity index (χ0) is 37.9. The molecule has 2 N–H and O–H groups in total. The molecule has 1 amide bonds. The molecule has 0 spiro atoms. The van der Waals surface area contributed by atoms with Gasteiger partial charge in [-0.05, 0) is 61.8 Å². The summed E-state index contributed by atoms with van der Waals surface area (Å²) < 4.78 is 77.6. The molecule has 0 saturated heterocycles. The summed E-state index contributed by atoms with van der Waals surface area (Å²) in [5.41, 5.74) is 3.52. The quantitative estimate of drug-likeness (QED) is 0.113. The van der Waals surface area contributed by atoms with E-state index >= 15 is 0 Å². The number of carbonyl (C=O) groups excluding carboxylic acids is 2. The van der Waals surface area contributed by atoms with Gasteiger partial charge in [0.05, 0.1) is 34.4 Å². The largest absolute Gasteiger partial charge is 0.462 e. The number of hydrogen-bond donors (Lipinski definition) is 1. The average molecular weight is 760 g/mol. The first-order valence-corrected chi connectivity index (χ1v) is 17.4. The minimum absolute atomic E-state index is 0.0108. The SMILES string of the molecule is CC(C)(C[C@]1(c2ccc(-c3cnn(C4CC4)n3)cc2)N=C(N)N([C@H](CCC(=O)OC2CC2)c2ccc(Cl)c(-n3ncnc3C(F)F)c2)C1=O)C(F)(F)F. The highest BCUT2D eigenvalue weighted by Gasteiger charge is 2.59. The van der Waals surface area contributed by atoms with Gasteiger partial charge >= 0.3 is 12.1 Å². The topological polar surface area (TPSA) is 146 Å². The lowest BCUT2D eigenvalue weighted by atomic mass is 9.74. The van der Waals surface area contributed by atoms with E-state index in [0.717, 1.165) is 55.4 Å². The lowest BCUT2D eigenvalue weighted by molar-refractivity contribution is -0.218. The van der Waals surface area contributed by atoms with E-state index in [-0.39, 0.29) is 46.8 Å². The highest BCUT2D eigenvalue weighted by molar-refractivity contribution is 6.32. The van der Waals surface area contributed by atoms with Crippen molar-refractivity contribution in [2.45, 2.75) is 95.1 Å². The molecule has 3 aliphatic rings. The number of esters is 1. The van der Waals surface area contributed by atoms with E-state index in [1.54, 1.807) is 23.1 Å². The van der Waals surface area contributed by atoms with E-state index in [1.165, 1.54) is 30.3 Å². The lowest BCUT2D eigenvalue weighted by Gasteiger charge is -2.37. The molecule has 2 aliphatic carbocycles. The molecule has 3 heterocycles. The van der Waals surface area contributed by atoms with Crippen LogP contribution in [0.1, 0.15) is 94.3 Å². The summed E-state index contributed by atoms with van der Waals surface area (Å²) in [5.74, 6) is -2.51. The first-order chi connectivity index (χ1) is 25.1. The molecule has 2 fully saturated rings. The number of nitrogens with two attached hydrogens (primary N) is 1. The molecule has 12 nitrogen and oxygen atoms in total. The summed E-state index contributed by atoms with van der Waals surface area (Å²) in [4.78, 5) is 38.6. The molecule has 7 rings (SSSR count). The van der Waals surface area contributed by atoms with Crippen molar-refractivity contribution in [2.75, 3.05) is 0 Å². The Morgan fingerprint density at radius 1 is 1.08 bits per heavy atom. The van der Waals surface area contributed by atoms with Gasteiger partial charge in [0.25, 0.3) is 12.3 Å². The molecule has 2 aromatic heterocycles. The smallest absolute Gasteiger partial charge is 0.394 e. The summed E-state index contributed by atoms with van der Waals surface area (Å²) in [6.07, 6.45) is -3.17. The Labute approximate surface area is 305 Å². The van der Waals surface area contributed by atoms with Crippen molar-refractivity contribution in [3.8, 4) is 16.9 Å². The molecule has 2 aromatic carbocycles. The van der Waals surface area contributed by atoms with Crippen LogP contribution in [0.2, 0.25) is 5.02 Å². The van der Waals surface area contributed by atoms with E-state index < -0.39 is 59.7 Å². The number of alkyl halides is 5. The van der Waals surface area contributed by atoms with Crippen molar-refractivity contribution in [2.24, 2.45) is 16.1 Å². The molecule has 18 heteroatoms. The first kappa shape index (κ1) is 36.4. The third-order valence-electron chi connectivity index (χ3n) is 9.74. The molecule has 0 bridgehead atoms. The van der Waals surface area contributed by atoms with Crippen molar-refractivity contribution in [3.05, 3.63) is 77.0 Å². The Morgan fingerprint density at radius 3 is 2.43 bits per heavy atom.